The number of likely N-dealkylation sites (tertiary alicyclic amines) is 2. The Morgan fingerprint density at radius 3 is 2.54 bits per heavy atom. The lowest BCUT2D eigenvalue weighted by atomic mass is 9.97. The number of nitrogens with zero attached hydrogens (tertiary/aromatic N) is 4. The molecule has 150 valence electrons. The number of nitrogens with one attached hydrogen (secondary N) is 1. The predicted octanol–water partition coefficient (Wildman–Crippen LogP) is 3.45. The highest BCUT2D eigenvalue weighted by molar-refractivity contribution is 5.88. The molecule has 2 saturated heterocycles. The average Bonchev–Trinajstić information content (AvgIpc) is 3.32. The van der Waals surface area contributed by atoms with Crippen molar-refractivity contribution in [2.45, 2.75) is 31.2 Å². The van der Waals surface area contributed by atoms with Crippen LogP contribution in [0.25, 0.3) is 0 Å². The molecule has 2 aliphatic rings. The van der Waals surface area contributed by atoms with E-state index in [2.05, 4.69) is 22.4 Å². The van der Waals surface area contributed by atoms with Gasteiger partial charge >= 0.3 is 6.03 Å². The largest absolute Gasteiger partial charge is 0.324 e. The molecule has 8 heteroatoms. The van der Waals surface area contributed by atoms with Crippen LogP contribution in [-0.2, 0) is 0 Å². The molecule has 0 bridgehead atoms. The van der Waals surface area contributed by atoms with E-state index < -0.39 is 11.6 Å². The minimum atomic E-state index is -0.552. The molecule has 4 rings (SSSR count). The Morgan fingerprint density at radius 1 is 1.11 bits per heavy atom. The van der Waals surface area contributed by atoms with Crippen molar-refractivity contribution in [2.24, 2.45) is 0 Å². The Bertz CT molecular complexity index is 827. The molecule has 0 spiro atoms. The molecule has 1 atom stereocenters. The summed E-state index contributed by atoms with van der Waals surface area (Å²) in [4.78, 5) is 16.4. The molecular weight excluding hydrogens is 364 g/mol. The molecule has 6 nitrogen and oxygen atoms in total. The third-order valence-corrected chi connectivity index (χ3v) is 5.79. The van der Waals surface area contributed by atoms with Gasteiger partial charge in [-0.3, -0.25) is 10.00 Å². The van der Waals surface area contributed by atoms with E-state index in [9.17, 15) is 13.6 Å². The number of carbonyl (C=O) groups is 1. The highest BCUT2D eigenvalue weighted by Crippen LogP contribution is 2.31. The first kappa shape index (κ1) is 18.9. The molecule has 0 saturated carbocycles. The Balaban J connectivity index is 1.36. The molecular formula is C20H25F2N5O. The predicted molar refractivity (Wildman–Crippen MR) is 102 cm³/mol. The molecule has 1 aromatic carbocycles. The van der Waals surface area contributed by atoms with Gasteiger partial charge in [0, 0.05) is 36.8 Å². The highest BCUT2D eigenvalue weighted by atomic mass is 19.1. The lowest BCUT2D eigenvalue weighted by Gasteiger charge is -2.28. The monoisotopic (exact) mass is 389 g/mol. The van der Waals surface area contributed by atoms with Gasteiger partial charge in [-0.2, -0.15) is 5.10 Å². The third-order valence-electron chi connectivity index (χ3n) is 5.79. The zero-order valence-electron chi connectivity index (χ0n) is 15.9. The van der Waals surface area contributed by atoms with E-state index in [1.165, 1.54) is 18.2 Å². The number of benzene rings is 1. The molecule has 3 heterocycles. The molecule has 0 aliphatic carbocycles. The maximum atomic E-state index is 14.0. The second-order valence-electron chi connectivity index (χ2n) is 7.71. The summed E-state index contributed by atoms with van der Waals surface area (Å²) in [6.45, 7) is 2.82. The standard InChI is InChI=1S/C20H25F2N5O/c1-25-9-6-15(7-10-25)27-12-8-18(24-27)23-20(28)26-11-5-14(13-26)19-16(21)3-2-4-17(19)22/h2-4,8,12,14-15H,5-7,9-11,13H2,1H3,(H,23,24,28). The van der Waals surface area contributed by atoms with Crippen LogP contribution in [0.5, 0.6) is 0 Å². The van der Waals surface area contributed by atoms with Gasteiger partial charge in [0.15, 0.2) is 5.82 Å². The molecule has 1 aromatic heterocycles. The van der Waals surface area contributed by atoms with Gasteiger partial charge in [0.25, 0.3) is 0 Å². The van der Waals surface area contributed by atoms with Crippen LogP contribution in [0.3, 0.4) is 0 Å². The van der Waals surface area contributed by atoms with Crippen LogP contribution in [0.2, 0.25) is 0 Å². The van der Waals surface area contributed by atoms with Crippen molar-refractivity contribution in [3.63, 3.8) is 0 Å². The van der Waals surface area contributed by atoms with Gasteiger partial charge in [-0.25, -0.2) is 13.6 Å². The molecule has 1 unspecified atom stereocenters. The number of halogens is 2. The molecule has 2 aliphatic heterocycles. The highest BCUT2D eigenvalue weighted by Gasteiger charge is 2.31. The molecule has 28 heavy (non-hydrogen) atoms. The number of carbonyl (C=O) groups excluding carboxylic acids is 1. The fourth-order valence-electron chi connectivity index (χ4n) is 4.14. The maximum Gasteiger partial charge on any atom is 0.323 e. The number of urea groups is 1. The van der Waals surface area contributed by atoms with Crippen LogP contribution >= 0.6 is 0 Å². The fraction of sp³-hybridized carbons (Fsp3) is 0.500. The number of amides is 2. The Hall–Kier alpha value is -2.48. The summed E-state index contributed by atoms with van der Waals surface area (Å²) >= 11 is 0. The number of anilines is 1. The van der Waals surface area contributed by atoms with Gasteiger partial charge in [-0.05, 0) is 51.5 Å². The molecule has 0 radical (unpaired) electrons. The van der Waals surface area contributed by atoms with E-state index in [1.54, 1.807) is 11.0 Å². The van der Waals surface area contributed by atoms with Gasteiger partial charge in [0.1, 0.15) is 11.6 Å². The summed E-state index contributed by atoms with van der Waals surface area (Å²) in [5.74, 6) is -0.929. The minimum absolute atomic E-state index is 0.0735. The van der Waals surface area contributed by atoms with Crippen LogP contribution in [0.15, 0.2) is 30.5 Å². The van der Waals surface area contributed by atoms with Crippen molar-refractivity contribution >= 4 is 11.8 Å². The van der Waals surface area contributed by atoms with Crippen molar-refractivity contribution in [1.82, 2.24) is 19.6 Å². The van der Waals surface area contributed by atoms with Crippen LogP contribution < -0.4 is 5.32 Å². The van der Waals surface area contributed by atoms with E-state index in [4.69, 9.17) is 0 Å². The normalized spacial score (nSPS) is 21.2. The van der Waals surface area contributed by atoms with E-state index >= 15 is 0 Å². The summed E-state index contributed by atoms with van der Waals surface area (Å²) in [5.41, 5.74) is 0.0735. The SMILES string of the molecule is CN1CCC(n2ccc(NC(=O)N3CCC(c4c(F)cccc4F)C3)n2)CC1. The van der Waals surface area contributed by atoms with Crippen LogP contribution in [0.1, 0.15) is 36.8 Å². The van der Waals surface area contributed by atoms with E-state index in [1.807, 2.05) is 10.9 Å². The van der Waals surface area contributed by atoms with Gasteiger partial charge in [-0.1, -0.05) is 6.07 Å². The number of rotatable bonds is 3. The zero-order chi connectivity index (χ0) is 19.7. The quantitative estimate of drug-likeness (QED) is 0.875. The molecule has 2 amide bonds. The van der Waals surface area contributed by atoms with Crippen molar-refractivity contribution < 1.29 is 13.6 Å². The Labute approximate surface area is 163 Å². The zero-order valence-corrected chi connectivity index (χ0v) is 15.9. The van der Waals surface area contributed by atoms with Crippen LogP contribution in [0, 0.1) is 11.6 Å². The first-order valence-electron chi connectivity index (χ1n) is 9.75. The lowest BCUT2D eigenvalue weighted by molar-refractivity contribution is 0.212. The summed E-state index contributed by atoms with van der Waals surface area (Å²) in [6.07, 6.45) is 4.50. The van der Waals surface area contributed by atoms with Crippen molar-refractivity contribution in [3.8, 4) is 0 Å². The van der Waals surface area contributed by atoms with E-state index in [-0.39, 0.29) is 17.5 Å². The third kappa shape index (κ3) is 3.87. The van der Waals surface area contributed by atoms with Gasteiger partial charge < -0.3 is 9.80 Å². The second-order valence-corrected chi connectivity index (χ2v) is 7.71. The second kappa shape index (κ2) is 7.87. The molecule has 2 fully saturated rings. The van der Waals surface area contributed by atoms with Gasteiger partial charge in [0.2, 0.25) is 0 Å². The van der Waals surface area contributed by atoms with E-state index in [0.717, 1.165) is 25.9 Å². The first-order valence-corrected chi connectivity index (χ1v) is 9.75. The average molecular weight is 389 g/mol. The number of hydrogen-bond donors (Lipinski definition) is 1. The summed E-state index contributed by atoms with van der Waals surface area (Å²) < 4.78 is 29.9. The molecule has 1 N–H and O–H groups in total. The van der Waals surface area contributed by atoms with Crippen LogP contribution in [0.4, 0.5) is 19.4 Å². The number of aromatic nitrogens is 2. The van der Waals surface area contributed by atoms with E-state index in [0.29, 0.717) is 31.4 Å². The smallest absolute Gasteiger partial charge is 0.323 e. The molecule has 2 aromatic rings. The summed E-state index contributed by atoms with van der Waals surface area (Å²) in [7, 11) is 2.11. The van der Waals surface area contributed by atoms with Gasteiger partial charge in [0.05, 0.1) is 6.04 Å². The van der Waals surface area contributed by atoms with Crippen molar-refractivity contribution in [3.05, 3.63) is 47.7 Å². The summed E-state index contributed by atoms with van der Waals surface area (Å²) in [5, 5.41) is 7.31. The maximum absolute atomic E-state index is 14.0. The topological polar surface area (TPSA) is 53.4 Å². The number of hydrogen-bond acceptors (Lipinski definition) is 3. The minimum Gasteiger partial charge on any atom is -0.324 e. The van der Waals surface area contributed by atoms with Crippen LogP contribution in [-0.4, -0.2) is 58.8 Å². The summed E-state index contributed by atoms with van der Waals surface area (Å²) in [6, 6.07) is 5.73. The lowest BCUT2D eigenvalue weighted by Crippen LogP contribution is -2.33. The Morgan fingerprint density at radius 2 is 1.82 bits per heavy atom. The number of piperidine rings is 1. The Kier molecular flexibility index (Phi) is 5.30. The van der Waals surface area contributed by atoms with Gasteiger partial charge in [-0.15, -0.1) is 0 Å². The van der Waals surface area contributed by atoms with Crippen molar-refractivity contribution in [2.75, 3.05) is 38.5 Å². The van der Waals surface area contributed by atoms with Crippen molar-refractivity contribution in [1.29, 1.82) is 0 Å². The first-order chi connectivity index (χ1) is 13.5. The fourth-order valence-corrected chi connectivity index (χ4v) is 4.14.